The average molecular weight is 483 g/mol. The van der Waals surface area contributed by atoms with E-state index in [0.717, 1.165) is 26.0 Å². The molecule has 0 amide bonds. The van der Waals surface area contributed by atoms with Gasteiger partial charge >= 0.3 is 0 Å². The molecule has 0 saturated carbocycles. The SMILES string of the molecule is CCNC(=NCCCOC1CCOC1)NCCc1c(F)cccc1F.I. The first-order valence-corrected chi connectivity index (χ1v) is 8.85. The number of ether oxygens (including phenoxy) is 2. The molecule has 1 saturated heterocycles. The fourth-order valence-electron chi connectivity index (χ4n) is 2.57. The van der Waals surface area contributed by atoms with E-state index in [1.165, 1.54) is 18.2 Å². The molecule has 1 aliphatic heterocycles. The molecule has 1 heterocycles. The Labute approximate surface area is 171 Å². The molecule has 0 radical (unpaired) electrons. The van der Waals surface area contributed by atoms with Crippen molar-refractivity contribution >= 4 is 29.9 Å². The van der Waals surface area contributed by atoms with Crippen molar-refractivity contribution in [1.29, 1.82) is 0 Å². The van der Waals surface area contributed by atoms with Crippen LogP contribution in [0, 0.1) is 11.6 Å². The van der Waals surface area contributed by atoms with Gasteiger partial charge < -0.3 is 20.1 Å². The van der Waals surface area contributed by atoms with Gasteiger partial charge in [0.05, 0.1) is 12.7 Å². The molecule has 1 unspecified atom stereocenters. The molecule has 0 aromatic heterocycles. The molecule has 0 aliphatic carbocycles. The van der Waals surface area contributed by atoms with Crippen LogP contribution in [0.3, 0.4) is 0 Å². The molecule has 8 heteroatoms. The number of rotatable bonds is 9. The largest absolute Gasteiger partial charge is 0.379 e. The zero-order valence-electron chi connectivity index (χ0n) is 15.1. The maximum Gasteiger partial charge on any atom is 0.191 e. The van der Waals surface area contributed by atoms with Gasteiger partial charge in [-0.2, -0.15) is 0 Å². The maximum absolute atomic E-state index is 13.6. The fraction of sp³-hybridized carbons (Fsp3) is 0.611. The van der Waals surface area contributed by atoms with Crippen molar-refractivity contribution in [2.45, 2.75) is 32.3 Å². The Morgan fingerprint density at radius 3 is 2.73 bits per heavy atom. The van der Waals surface area contributed by atoms with Crippen molar-refractivity contribution in [3.05, 3.63) is 35.4 Å². The van der Waals surface area contributed by atoms with Crippen molar-refractivity contribution in [2.24, 2.45) is 4.99 Å². The highest BCUT2D eigenvalue weighted by Gasteiger charge is 2.15. The van der Waals surface area contributed by atoms with E-state index in [1.807, 2.05) is 6.92 Å². The van der Waals surface area contributed by atoms with E-state index >= 15 is 0 Å². The lowest BCUT2D eigenvalue weighted by Crippen LogP contribution is -2.38. The van der Waals surface area contributed by atoms with Crippen LogP contribution in [-0.2, 0) is 15.9 Å². The second-order valence-corrected chi connectivity index (χ2v) is 5.85. The fourth-order valence-corrected chi connectivity index (χ4v) is 2.57. The molecule has 26 heavy (non-hydrogen) atoms. The van der Waals surface area contributed by atoms with E-state index < -0.39 is 11.6 Å². The van der Waals surface area contributed by atoms with Crippen LogP contribution in [0.25, 0.3) is 0 Å². The van der Waals surface area contributed by atoms with Crippen LogP contribution in [0.4, 0.5) is 8.78 Å². The van der Waals surface area contributed by atoms with Gasteiger partial charge in [0.2, 0.25) is 0 Å². The minimum atomic E-state index is -0.517. The van der Waals surface area contributed by atoms with Gasteiger partial charge in [-0.3, -0.25) is 4.99 Å². The first-order chi connectivity index (χ1) is 12.2. The zero-order chi connectivity index (χ0) is 17.9. The molecule has 1 fully saturated rings. The van der Waals surface area contributed by atoms with Crippen LogP contribution in [0.15, 0.2) is 23.2 Å². The molecule has 5 nitrogen and oxygen atoms in total. The van der Waals surface area contributed by atoms with Crippen molar-refractivity contribution < 1.29 is 18.3 Å². The number of hydrogen-bond donors (Lipinski definition) is 2. The molecule has 0 spiro atoms. The van der Waals surface area contributed by atoms with Crippen molar-refractivity contribution in [2.75, 3.05) is 39.5 Å². The minimum Gasteiger partial charge on any atom is -0.379 e. The highest BCUT2D eigenvalue weighted by molar-refractivity contribution is 14.0. The first-order valence-electron chi connectivity index (χ1n) is 8.85. The summed E-state index contributed by atoms with van der Waals surface area (Å²) >= 11 is 0. The molecular formula is C18H28F2IN3O2. The smallest absolute Gasteiger partial charge is 0.191 e. The van der Waals surface area contributed by atoms with Crippen LogP contribution in [0.5, 0.6) is 0 Å². The van der Waals surface area contributed by atoms with Gasteiger partial charge in [0.25, 0.3) is 0 Å². The Hall–Kier alpha value is -1.000. The second kappa shape index (κ2) is 13.2. The van der Waals surface area contributed by atoms with Crippen LogP contribution in [0.1, 0.15) is 25.3 Å². The van der Waals surface area contributed by atoms with Gasteiger partial charge in [-0.1, -0.05) is 6.07 Å². The Morgan fingerprint density at radius 1 is 1.31 bits per heavy atom. The first kappa shape index (κ1) is 23.0. The van der Waals surface area contributed by atoms with Gasteiger partial charge in [-0.05, 0) is 38.3 Å². The number of nitrogens with zero attached hydrogens (tertiary/aromatic N) is 1. The monoisotopic (exact) mass is 483 g/mol. The average Bonchev–Trinajstić information content (AvgIpc) is 3.10. The van der Waals surface area contributed by atoms with E-state index in [-0.39, 0.29) is 42.1 Å². The summed E-state index contributed by atoms with van der Waals surface area (Å²) in [7, 11) is 0. The molecule has 1 aromatic rings. The predicted octanol–water partition coefficient (Wildman–Crippen LogP) is 2.88. The van der Waals surface area contributed by atoms with E-state index in [1.54, 1.807) is 0 Å². The van der Waals surface area contributed by atoms with E-state index in [2.05, 4.69) is 15.6 Å². The number of benzene rings is 1. The number of aliphatic imine (C=N–C) groups is 1. The van der Waals surface area contributed by atoms with E-state index in [0.29, 0.717) is 32.3 Å². The van der Waals surface area contributed by atoms with Gasteiger partial charge in [-0.15, -0.1) is 24.0 Å². The molecular weight excluding hydrogens is 455 g/mol. The molecule has 0 bridgehead atoms. The third-order valence-electron chi connectivity index (χ3n) is 3.89. The lowest BCUT2D eigenvalue weighted by atomic mass is 10.1. The summed E-state index contributed by atoms with van der Waals surface area (Å²) < 4.78 is 38.2. The third-order valence-corrected chi connectivity index (χ3v) is 3.89. The number of nitrogens with one attached hydrogen (secondary N) is 2. The Morgan fingerprint density at radius 2 is 2.08 bits per heavy atom. The highest BCUT2D eigenvalue weighted by Crippen LogP contribution is 2.12. The van der Waals surface area contributed by atoms with Crippen LogP contribution < -0.4 is 10.6 Å². The number of hydrogen-bond acceptors (Lipinski definition) is 3. The summed E-state index contributed by atoms with van der Waals surface area (Å²) in [6, 6.07) is 3.91. The van der Waals surface area contributed by atoms with E-state index in [9.17, 15) is 8.78 Å². The lowest BCUT2D eigenvalue weighted by Gasteiger charge is -2.12. The molecule has 2 N–H and O–H groups in total. The number of guanidine groups is 1. The van der Waals surface area contributed by atoms with Crippen molar-refractivity contribution in [1.82, 2.24) is 10.6 Å². The minimum absolute atomic E-state index is 0. The maximum atomic E-state index is 13.6. The molecule has 148 valence electrons. The Kier molecular flexibility index (Phi) is 11.7. The van der Waals surface area contributed by atoms with Crippen molar-refractivity contribution in [3.8, 4) is 0 Å². The summed E-state index contributed by atoms with van der Waals surface area (Å²) in [6.07, 6.45) is 2.24. The molecule has 1 aromatic carbocycles. The van der Waals surface area contributed by atoms with Crippen LogP contribution in [0.2, 0.25) is 0 Å². The summed E-state index contributed by atoms with van der Waals surface area (Å²) in [4.78, 5) is 4.45. The highest BCUT2D eigenvalue weighted by atomic mass is 127. The second-order valence-electron chi connectivity index (χ2n) is 5.85. The van der Waals surface area contributed by atoms with Crippen LogP contribution >= 0.6 is 24.0 Å². The summed E-state index contributed by atoms with van der Waals surface area (Å²) in [5.74, 6) is -0.392. The van der Waals surface area contributed by atoms with Gasteiger partial charge in [0, 0.05) is 38.4 Å². The van der Waals surface area contributed by atoms with Crippen LogP contribution in [-0.4, -0.2) is 51.5 Å². The predicted molar refractivity (Wildman–Crippen MR) is 109 cm³/mol. The zero-order valence-corrected chi connectivity index (χ0v) is 17.4. The van der Waals surface area contributed by atoms with Gasteiger partial charge in [0.1, 0.15) is 11.6 Å². The molecule has 1 aliphatic rings. The van der Waals surface area contributed by atoms with Gasteiger partial charge in [-0.25, -0.2) is 8.78 Å². The number of halogens is 3. The van der Waals surface area contributed by atoms with E-state index in [4.69, 9.17) is 9.47 Å². The molecule has 1 atom stereocenters. The molecule has 2 rings (SSSR count). The summed E-state index contributed by atoms with van der Waals surface area (Å²) in [5, 5.41) is 6.22. The summed E-state index contributed by atoms with van der Waals surface area (Å²) in [6.45, 7) is 5.82. The lowest BCUT2D eigenvalue weighted by molar-refractivity contribution is 0.0424. The summed E-state index contributed by atoms with van der Waals surface area (Å²) in [5.41, 5.74) is 0.0954. The quantitative estimate of drug-likeness (QED) is 0.246. The topological polar surface area (TPSA) is 54.9 Å². The third kappa shape index (κ3) is 8.13. The van der Waals surface area contributed by atoms with Gasteiger partial charge in [0.15, 0.2) is 5.96 Å². The van der Waals surface area contributed by atoms with Crippen molar-refractivity contribution in [3.63, 3.8) is 0 Å². The Balaban J connectivity index is 0.00000338. The standard InChI is InChI=1S/C18H27F2N3O2.HI/c1-2-21-18(22-9-4-11-25-14-8-12-24-13-14)23-10-7-15-16(19)5-3-6-17(15)20;/h3,5-6,14H,2,4,7-13H2,1H3,(H2,21,22,23);1H. The normalized spacial score (nSPS) is 17.0. The Bertz CT molecular complexity index is 535.